The fourth-order valence-electron chi connectivity index (χ4n) is 3.87. The third-order valence-electron chi connectivity index (χ3n) is 5.26. The molecule has 3 atom stereocenters. The van der Waals surface area contributed by atoms with Crippen LogP contribution in [0.3, 0.4) is 0 Å². The van der Waals surface area contributed by atoms with Crippen molar-refractivity contribution in [2.45, 2.75) is 59.1 Å². The third kappa shape index (κ3) is 5.56. The van der Waals surface area contributed by atoms with Crippen LogP contribution in [0.4, 0.5) is 0 Å². The van der Waals surface area contributed by atoms with Gasteiger partial charge in [-0.2, -0.15) is 0 Å². The van der Waals surface area contributed by atoms with Gasteiger partial charge in [0.05, 0.1) is 32.5 Å². The van der Waals surface area contributed by atoms with E-state index in [1.165, 1.54) is 6.42 Å². The highest BCUT2D eigenvalue weighted by molar-refractivity contribution is 5.80. The van der Waals surface area contributed by atoms with Crippen molar-refractivity contribution in [2.24, 2.45) is 16.3 Å². The number of guanidine groups is 1. The number of nitrogens with zero attached hydrogens (tertiary/aromatic N) is 1. The van der Waals surface area contributed by atoms with Gasteiger partial charge in [0.25, 0.3) is 0 Å². The molecule has 0 aromatic rings. The van der Waals surface area contributed by atoms with Crippen molar-refractivity contribution in [1.82, 2.24) is 10.6 Å². The van der Waals surface area contributed by atoms with Crippen molar-refractivity contribution in [3.05, 3.63) is 0 Å². The molecule has 2 fully saturated rings. The molecule has 2 aliphatic rings. The largest absolute Gasteiger partial charge is 0.379 e. The Balaban J connectivity index is 1.67. The van der Waals surface area contributed by atoms with Gasteiger partial charge in [0, 0.05) is 37.1 Å². The molecule has 0 aromatic carbocycles. The summed E-state index contributed by atoms with van der Waals surface area (Å²) in [5.41, 5.74) is 0.156. The second-order valence-electron chi connectivity index (χ2n) is 7.53. The monoisotopic (exact) mass is 355 g/mol. The summed E-state index contributed by atoms with van der Waals surface area (Å²) in [6.07, 6.45) is 3.82. The first-order chi connectivity index (χ1) is 12.1. The first kappa shape index (κ1) is 20.5. The van der Waals surface area contributed by atoms with E-state index in [1.54, 1.807) is 0 Å². The molecule has 0 radical (unpaired) electrons. The van der Waals surface area contributed by atoms with Crippen LogP contribution in [0.25, 0.3) is 0 Å². The van der Waals surface area contributed by atoms with Gasteiger partial charge in [-0.15, -0.1) is 0 Å². The number of ether oxygens (including phenoxy) is 3. The molecular weight excluding hydrogens is 318 g/mol. The van der Waals surface area contributed by atoms with E-state index in [2.05, 4.69) is 43.3 Å². The van der Waals surface area contributed by atoms with Crippen LogP contribution >= 0.6 is 0 Å². The first-order valence-corrected chi connectivity index (χ1v) is 9.93. The lowest BCUT2D eigenvalue weighted by atomic mass is 9.57. The molecular formula is C19H37N3O3. The van der Waals surface area contributed by atoms with Gasteiger partial charge in [0.15, 0.2) is 5.96 Å². The van der Waals surface area contributed by atoms with Crippen LogP contribution in [0, 0.1) is 11.3 Å². The molecule has 0 amide bonds. The zero-order valence-electron chi connectivity index (χ0n) is 16.5. The van der Waals surface area contributed by atoms with E-state index < -0.39 is 0 Å². The highest BCUT2D eigenvalue weighted by atomic mass is 16.5. The molecule has 1 aliphatic carbocycles. The minimum Gasteiger partial charge on any atom is -0.379 e. The molecule has 2 N–H and O–H groups in total. The average molecular weight is 356 g/mol. The summed E-state index contributed by atoms with van der Waals surface area (Å²) in [5.74, 6) is 1.49. The molecule has 6 nitrogen and oxygen atoms in total. The summed E-state index contributed by atoms with van der Waals surface area (Å²) >= 11 is 0. The van der Waals surface area contributed by atoms with Crippen LogP contribution < -0.4 is 10.6 Å². The van der Waals surface area contributed by atoms with Crippen molar-refractivity contribution in [3.8, 4) is 0 Å². The molecule has 0 aromatic heterocycles. The van der Waals surface area contributed by atoms with E-state index in [9.17, 15) is 0 Å². The topological polar surface area (TPSA) is 64.1 Å². The molecule has 1 heterocycles. The lowest BCUT2D eigenvalue weighted by Crippen LogP contribution is -2.68. The smallest absolute Gasteiger partial charge is 0.191 e. The highest BCUT2D eigenvalue weighted by Gasteiger charge is 2.59. The number of fused-ring (bicyclic) bond motifs is 1. The molecule has 2 rings (SSSR count). The summed E-state index contributed by atoms with van der Waals surface area (Å²) < 4.78 is 16.9. The number of unbranched alkanes of at least 4 members (excludes halogenated alkanes) is 1. The van der Waals surface area contributed by atoms with Gasteiger partial charge in [-0.1, -0.05) is 27.2 Å². The molecule has 0 bridgehead atoms. The summed E-state index contributed by atoms with van der Waals surface area (Å²) in [5, 5.41) is 6.96. The molecule has 0 spiro atoms. The van der Waals surface area contributed by atoms with Crippen LogP contribution in [-0.2, 0) is 14.2 Å². The maximum absolute atomic E-state index is 5.87. The standard InChI is InChI=1S/C19H37N3O3/c1-5-7-10-23-13-14-24-12-9-21-18(20-6-2)22-16-15-8-11-25-17(15)19(16,3)4/h15-17H,5-14H2,1-4H3,(H2,20,21,22). The SMILES string of the molecule is CCCCOCCOCCN=C(NCC)NC1C2CCOC2C1(C)C. The van der Waals surface area contributed by atoms with Gasteiger partial charge < -0.3 is 24.8 Å². The van der Waals surface area contributed by atoms with Gasteiger partial charge in [0.2, 0.25) is 0 Å². The number of rotatable bonds is 11. The van der Waals surface area contributed by atoms with Crippen LogP contribution in [0.1, 0.15) is 47.0 Å². The number of hydrogen-bond acceptors (Lipinski definition) is 4. The number of hydrogen-bond donors (Lipinski definition) is 2. The third-order valence-corrected chi connectivity index (χ3v) is 5.26. The summed E-state index contributed by atoms with van der Waals surface area (Å²) in [6.45, 7) is 14.0. The number of nitrogens with one attached hydrogen (secondary N) is 2. The van der Waals surface area contributed by atoms with Gasteiger partial charge in [-0.05, 0) is 19.8 Å². The molecule has 1 saturated heterocycles. The van der Waals surface area contributed by atoms with Crippen LogP contribution in [0.5, 0.6) is 0 Å². The van der Waals surface area contributed by atoms with E-state index in [0.29, 0.717) is 44.4 Å². The van der Waals surface area contributed by atoms with Gasteiger partial charge in [-0.25, -0.2) is 0 Å². The minimum absolute atomic E-state index is 0.156. The Kier molecular flexibility index (Phi) is 8.46. The zero-order chi connectivity index (χ0) is 18.1. The number of aliphatic imine (C=N–C) groups is 1. The summed E-state index contributed by atoms with van der Waals surface area (Å²) in [4.78, 5) is 4.65. The van der Waals surface area contributed by atoms with Crippen LogP contribution in [0.15, 0.2) is 4.99 Å². The molecule has 146 valence electrons. The minimum atomic E-state index is 0.156. The average Bonchev–Trinajstić information content (AvgIpc) is 3.05. The van der Waals surface area contributed by atoms with E-state index in [0.717, 1.165) is 38.6 Å². The molecule has 6 heteroatoms. The predicted molar refractivity (Wildman–Crippen MR) is 101 cm³/mol. The highest BCUT2D eigenvalue weighted by Crippen LogP contribution is 2.52. The zero-order valence-corrected chi connectivity index (χ0v) is 16.5. The molecule has 3 unspecified atom stereocenters. The summed E-state index contributed by atoms with van der Waals surface area (Å²) in [7, 11) is 0. The van der Waals surface area contributed by atoms with Crippen molar-refractivity contribution in [3.63, 3.8) is 0 Å². The predicted octanol–water partition coefficient (Wildman–Crippen LogP) is 2.19. The quantitative estimate of drug-likeness (QED) is 0.338. The van der Waals surface area contributed by atoms with E-state index in [-0.39, 0.29) is 5.41 Å². The first-order valence-electron chi connectivity index (χ1n) is 9.93. The second kappa shape index (κ2) is 10.3. The normalized spacial score (nSPS) is 27.7. The fourth-order valence-corrected chi connectivity index (χ4v) is 3.87. The van der Waals surface area contributed by atoms with Crippen molar-refractivity contribution in [1.29, 1.82) is 0 Å². The molecule has 1 saturated carbocycles. The van der Waals surface area contributed by atoms with Crippen molar-refractivity contribution in [2.75, 3.05) is 46.1 Å². The fraction of sp³-hybridized carbons (Fsp3) is 0.947. The maximum Gasteiger partial charge on any atom is 0.191 e. The van der Waals surface area contributed by atoms with Gasteiger partial charge in [-0.3, -0.25) is 4.99 Å². The van der Waals surface area contributed by atoms with E-state index in [1.807, 2.05) is 0 Å². The van der Waals surface area contributed by atoms with E-state index >= 15 is 0 Å². The van der Waals surface area contributed by atoms with Crippen LogP contribution in [0.2, 0.25) is 0 Å². The molecule has 25 heavy (non-hydrogen) atoms. The van der Waals surface area contributed by atoms with Gasteiger partial charge in [0.1, 0.15) is 0 Å². The lowest BCUT2D eigenvalue weighted by molar-refractivity contribution is -0.106. The Morgan fingerprint density at radius 2 is 1.92 bits per heavy atom. The second-order valence-corrected chi connectivity index (χ2v) is 7.53. The Morgan fingerprint density at radius 3 is 2.64 bits per heavy atom. The van der Waals surface area contributed by atoms with Crippen molar-refractivity contribution >= 4 is 5.96 Å². The van der Waals surface area contributed by atoms with E-state index in [4.69, 9.17) is 14.2 Å². The molecule has 1 aliphatic heterocycles. The van der Waals surface area contributed by atoms with Gasteiger partial charge >= 0.3 is 0 Å². The lowest BCUT2D eigenvalue weighted by Gasteiger charge is -2.54. The van der Waals surface area contributed by atoms with Crippen molar-refractivity contribution < 1.29 is 14.2 Å². The van der Waals surface area contributed by atoms with Crippen LogP contribution in [-0.4, -0.2) is 64.2 Å². The Morgan fingerprint density at radius 1 is 1.16 bits per heavy atom. The maximum atomic E-state index is 5.87. The Bertz CT molecular complexity index is 415. The Hall–Kier alpha value is -0.850. The summed E-state index contributed by atoms with van der Waals surface area (Å²) in [6, 6.07) is 0.422. The Labute approximate surface area is 153 Å².